The minimum Gasteiger partial charge on any atom is -0.491 e. The Morgan fingerprint density at radius 2 is 2.11 bits per heavy atom. The molecule has 0 saturated carbocycles. The molecule has 0 aromatic heterocycles. The first kappa shape index (κ1) is 14.5. The van der Waals surface area contributed by atoms with Gasteiger partial charge in [0.2, 0.25) is 0 Å². The fourth-order valence-electron chi connectivity index (χ4n) is 1.67. The zero-order valence-electron chi connectivity index (χ0n) is 10.9. The van der Waals surface area contributed by atoms with Crippen molar-refractivity contribution >= 4 is 0 Å². The molecule has 1 aromatic carbocycles. The van der Waals surface area contributed by atoms with E-state index in [1.807, 2.05) is 38.1 Å². The average Bonchev–Trinajstić information content (AvgIpc) is 2.36. The summed E-state index contributed by atoms with van der Waals surface area (Å²) < 4.78 is 5.65. The van der Waals surface area contributed by atoms with Crippen molar-refractivity contribution in [2.24, 2.45) is 0 Å². The zero-order valence-corrected chi connectivity index (χ0v) is 10.9. The van der Waals surface area contributed by atoms with Crippen molar-refractivity contribution in [3.63, 3.8) is 0 Å². The van der Waals surface area contributed by atoms with E-state index in [2.05, 4.69) is 11.4 Å². The van der Waals surface area contributed by atoms with Gasteiger partial charge in [-0.25, -0.2) is 0 Å². The summed E-state index contributed by atoms with van der Waals surface area (Å²) >= 11 is 0. The van der Waals surface area contributed by atoms with Gasteiger partial charge in [-0.2, -0.15) is 5.26 Å². The van der Waals surface area contributed by atoms with Gasteiger partial charge in [-0.3, -0.25) is 5.32 Å². The number of aliphatic hydroxyl groups is 1. The quantitative estimate of drug-likeness (QED) is 0.767. The molecular formula is C14H20N2O2. The molecule has 0 aliphatic heterocycles. The van der Waals surface area contributed by atoms with Gasteiger partial charge in [0.05, 0.1) is 6.07 Å². The van der Waals surface area contributed by atoms with Crippen molar-refractivity contribution in [3.8, 4) is 11.8 Å². The van der Waals surface area contributed by atoms with Crippen LogP contribution in [0.15, 0.2) is 24.3 Å². The van der Waals surface area contributed by atoms with Crippen LogP contribution in [0, 0.1) is 11.3 Å². The summed E-state index contributed by atoms with van der Waals surface area (Å²) in [6.45, 7) is 4.37. The summed E-state index contributed by atoms with van der Waals surface area (Å²) in [6.07, 6.45) is 0.561. The molecule has 0 aliphatic rings. The molecule has 4 heteroatoms. The summed E-state index contributed by atoms with van der Waals surface area (Å²) in [4.78, 5) is 0. The molecule has 1 aromatic rings. The van der Waals surface area contributed by atoms with Gasteiger partial charge in [-0.05, 0) is 31.9 Å². The second-order valence-electron chi connectivity index (χ2n) is 4.40. The van der Waals surface area contributed by atoms with Gasteiger partial charge in [-0.15, -0.1) is 0 Å². The highest BCUT2D eigenvalue weighted by atomic mass is 16.5. The molecule has 0 saturated heterocycles. The minimum atomic E-state index is -0.327. The van der Waals surface area contributed by atoms with E-state index in [9.17, 15) is 0 Å². The highest BCUT2D eigenvalue weighted by Crippen LogP contribution is 2.18. The maximum Gasteiger partial charge on any atom is 0.130 e. The summed E-state index contributed by atoms with van der Waals surface area (Å²) in [5.41, 5.74) is 0.959. The lowest BCUT2D eigenvalue weighted by Crippen LogP contribution is -2.38. The molecule has 0 spiro atoms. The summed E-state index contributed by atoms with van der Waals surface area (Å²) in [6, 6.07) is 9.65. The summed E-state index contributed by atoms with van der Waals surface area (Å²) in [5, 5.41) is 21.1. The monoisotopic (exact) mass is 248 g/mol. The molecule has 1 atom stereocenters. The van der Waals surface area contributed by atoms with E-state index in [1.54, 1.807) is 0 Å². The first-order valence-electron chi connectivity index (χ1n) is 6.14. The van der Waals surface area contributed by atoms with Crippen molar-refractivity contribution in [2.75, 3.05) is 13.2 Å². The second-order valence-corrected chi connectivity index (χ2v) is 4.40. The van der Waals surface area contributed by atoms with Crippen LogP contribution in [-0.4, -0.2) is 30.4 Å². The highest BCUT2D eigenvalue weighted by Gasteiger charge is 2.10. The number of para-hydroxylation sites is 1. The van der Waals surface area contributed by atoms with Crippen molar-refractivity contribution in [2.45, 2.75) is 32.4 Å². The van der Waals surface area contributed by atoms with Gasteiger partial charge in [0.25, 0.3) is 0 Å². The van der Waals surface area contributed by atoms with Gasteiger partial charge < -0.3 is 9.84 Å². The number of hydrogen-bond donors (Lipinski definition) is 2. The van der Waals surface area contributed by atoms with E-state index in [1.165, 1.54) is 0 Å². The van der Waals surface area contributed by atoms with Gasteiger partial charge in [0.15, 0.2) is 0 Å². The van der Waals surface area contributed by atoms with Crippen molar-refractivity contribution < 1.29 is 9.84 Å². The summed E-state index contributed by atoms with van der Waals surface area (Å²) in [5.74, 6) is 0.734. The Bertz CT molecular complexity index is 399. The summed E-state index contributed by atoms with van der Waals surface area (Å²) in [7, 11) is 0. The van der Waals surface area contributed by atoms with Crippen LogP contribution in [0.4, 0.5) is 0 Å². The Balaban J connectivity index is 2.59. The van der Waals surface area contributed by atoms with Crippen LogP contribution < -0.4 is 10.1 Å². The first-order valence-corrected chi connectivity index (χ1v) is 6.14. The number of hydrogen-bond acceptors (Lipinski definition) is 4. The maximum atomic E-state index is 8.99. The zero-order chi connectivity index (χ0) is 13.4. The van der Waals surface area contributed by atoms with Crippen LogP contribution in [0.1, 0.15) is 19.4 Å². The highest BCUT2D eigenvalue weighted by molar-refractivity contribution is 5.33. The fraction of sp³-hybridized carbons (Fsp3) is 0.500. The van der Waals surface area contributed by atoms with Crippen LogP contribution in [0.3, 0.4) is 0 Å². The normalized spacial score (nSPS) is 12.2. The average molecular weight is 248 g/mol. The first-order chi connectivity index (χ1) is 8.67. The topological polar surface area (TPSA) is 65.3 Å². The van der Waals surface area contributed by atoms with Gasteiger partial charge >= 0.3 is 0 Å². The molecule has 0 fully saturated rings. The van der Waals surface area contributed by atoms with E-state index in [0.29, 0.717) is 13.0 Å². The predicted molar refractivity (Wildman–Crippen MR) is 70.4 cm³/mol. The van der Waals surface area contributed by atoms with Crippen molar-refractivity contribution in [3.05, 3.63) is 29.8 Å². The third-order valence-electron chi connectivity index (χ3n) is 2.45. The molecule has 0 amide bonds. The fourth-order valence-corrected chi connectivity index (χ4v) is 1.67. The Morgan fingerprint density at radius 3 is 2.72 bits per heavy atom. The molecule has 0 radical (unpaired) electrons. The second kappa shape index (κ2) is 7.70. The Morgan fingerprint density at radius 1 is 1.39 bits per heavy atom. The number of nitrogens with zero attached hydrogens (tertiary/aromatic N) is 1. The molecule has 2 N–H and O–H groups in total. The van der Waals surface area contributed by atoms with E-state index in [0.717, 1.165) is 11.3 Å². The maximum absolute atomic E-state index is 8.99. The molecular weight excluding hydrogens is 228 g/mol. The molecule has 0 bridgehead atoms. The molecule has 98 valence electrons. The molecule has 18 heavy (non-hydrogen) atoms. The lowest BCUT2D eigenvalue weighted by molar-refractivity contribution is 0.272. The smallest absolute Gasteiger partial charge is 0.130 e. The van der Waals surface area contributed by atoms with E-state index >= 15 is 0 Å². The number of nitrogens with one attached hydrogen (secondary N) is 1. The third kappa shape index (κ3) is 4.74. The van der Waals surface area contributed by atoms with E-state index in [4.69, 9.17) is 15.1 Å². The predicted octanol–water partition coefficient (Wildman–Crippen LogP) is 1.49. The van der Waals surface area contributed by atoms with E-state index in [-0.39, 0.29) is 18.7 Å². The van der Waals surface area contributed by atoms with Crippen LogP contribution in [-0.2, 0) is 6.42 Å². The number of benzene rings is 1. The lowest BCUT2D eigenvalue weighted by atomic mass is 10.1. The standard InChI is InChI=1S/C14H20N2O2/c1-11(2)16-13(9-15)10-18-14-6-4-3-5-12(14)7-8-17/h3-6,11,13,16-17H,7-8,10H2,1-2H3. The SMILES string of the molecule is CC(C)NC(C#N)COc1ccccc1CCO. The number of nitriles is 1. The Kier molecular flexibility index (Phi) is 6.20. The molecule has 1 unspecified atom stereocenters. The number of rotatable bonds is 7. The van der Waals surface area contributed by atoms with E-state index < -0.39 is 0 Å². The van der Waals surface area contributed by atoms with Crippen molar-refractivity contribution in [1.82, 2.24) is 5.32 Å². The lowest BCUT2D eigenvalue weighted by Gasteiger charge is -2.16. The molecule has 4 nitrogen and oxygen atoms in total. The molecule has 0 aliphatic carbocycles. The molecule has 1 rings (SSSR count). The van der Waals surface area contributed by atoms with Gasteiger partial charge in [0.1, 0.15) is 18.4 Å². The van der Waals surface area contributed by atoms with Gasteiger partial charge in [0, 0.05) is 12.6 Å². The largest absolute Gasteiger partial charge is 0.491 e. The minimum absolute atomic E-state index is 0.0896. The Labute approximate surface area is 108 Å². The van der Waals surface area contributed by atoms with Crippen LogP contribution in [0.25, 0.3) is 0 Å². The third-order valence-corrected chi connectivity index (χ3v) is 2.45. The van der Waals surface area contributed by atoms with Crippen LogP contribution >= 0.6 is 0 Å². The van der Waals surface area contributed by atoms with Crippen LogP contribution in [0.5, 0.6) is 5.75 Å². The number of aliphatic hydroxyl groups excluding tert-OH is 1. The number of ether oxygens (including phenoxy) is 1. The Hall–Kier alpha value is -1.57. The van der Waals surface area contributed by atoms with Crippen molar-refractivity contribution in [1.29, 1.82) is 5.26 Å². The molecule has 0 heterocycles. The van der Waals surface area contributed by atoms with Gasteiger partial charge in [-0.1, -0.05) is 18.2 Å². The van der Waals surface area contributed by atoms with Crippen LogP contribution in [0.2, 0.25) is 0 Å².